The number of halogens is 1. The summed E-state index contributed by atoms with van der Waals surface area (Å²) in [7, 11) is -1.80. The van der Waals surface area contributed by atoms with Crippen LogP contribution in [0.1, 0.15) is 55.0 Å². The van der Waals surface area contributed by atoms with Crippen molar-refractivity contribution in [2.24, 2.45) is 0 Å². The van der Waals surface area contributed by atoms with Crippen LogP contribution in [-0.4, -0.2) is 55.7 Å². The Morgan fingerprint density at radius 1 is 1.26 bits per heavy atom. The summed E-state index contributed by atoms with van der Waals surface area (Å²) < 4.78 is 40.9. The number of benzene rings is 1. The lowest BCUT2D eigenvalue weighted by Crippen LogP contribution is -2.48. The molecule has 0 saturated heterocycles. The van der Waals surface area contributed by atoms with Crippen LogP contribution in [0.15, 0.2) is 28.6 Å². The topological polar surface area (TPSA) is 82.5 Å². The fraction of sp³-hybridized carbons (Fsp3) is 0.591. The lowest BCUT2D eigenvalue weighted by Gasteiger charge is -2.39. The van der Waals surface area contributed by atoms with Crippen LogP contribution in [0, 0.1) is 5.82 Å². The Labute approximate surface area is 187 Å². The van der Waals surface area contributed by atoms with Gasteiger partial charge in [-0.15, -0.1) is 11.3 Å². The number of nitrogens with zero attached hydrogens (tertiary/aromatic N) is 2. The minimum absolute atomic E-state index is 0.104. The van der Waals surface area contributed by atoms with Crippen molar-refractivity contribution in [3.8, 4) is 0 Å². The molecule has 1 aromatic heterocycles. The van der Waals surface area contributed by atoms with E-state index in [1.165, 1.54) is 17.4 Å². The molecule has 2 fully saturated rings. The van der Waals surface area contributed by atoms with E-state index in [0.29, 0.717) is 17.2 Å². The Morgan fingerprint density at radius 3 is 2.71 bits per heavy atom. The van der Waals surface area contributed by atoms with Crippen molar-refractivity contribution < 1.29 is 17.9 Å². The van der Waals surface area contributed by atoms with Crippen LogP contribution in [0.4, 0.5) is 10.1 Å². The van der Waals surface area contributed by atoms with Gasteiger partial charge in [0.05, 0.1) is 6.61 Å². The maximum absolute atomic E-state index is 15.1. The van der Waals surface area contributed by atoms with Gasteiger partial charge in [-0.3, -0.25) is 4.90 Å². The van der Waals surface area contributed by atoms with Gasteiger partial charge in [-0.25, -0.2) is 17.8 Å². The number of hydrogen-bond acceptors (Lipinski definition) is 7. The number of aromatic nitrogens is 1. The first-order chi connectivity index (χ1) is 14.9. The van der Waals surface area contributed by atoms with Gasteiger partial charge in [0.25, 0.3) is 0 Å². The van der Waals surface area contributed by atoms with E-state index in [1.54, 1.807) is 17.6 Å². The molecule has 0 amide bonds. The molecule has 9 heteroatoms. The summed E-state index contributed by atoms with van der Waals surface area (Å²) >= 11 is 1.26. The molecule has 0 radical (unpaired) electrons. The summed E-state index contributed by atoms with van der Waals surface area (Å²) in [5.74, 6) is -0.719. The number of likely N-dealkylation sites (N-methyl/N-ethyl adjacent to an activating group) is 1. The molecule has 2 atom stereocenters. The van der Waals surface area contributed by atoms with Crippen LogP contribution in [0.5, 0.6) is 0 Å². The Kier molecular flexibility index (Phi) is 6.95. The zero-order valence-corrected chi connectivity index (χ0v) is 19.4. The predicted octanol–water partition coefficient (Wildman–Crippen LogP) is 3.78. The second kappa shape index (κ2) is 9.52. The number of sulfone groups is 1. The lowest BCUT2D eigenvalue weighted by atomic mass is 9.88. The molecule has 2 saturated carbocycles. The van der Waals surface area contributed by atoms with E-state index in [9.17, 15) is 13.5 Å². The highest BCUT2D eigenvalue weighted by atomic mass is 32.2. The SMILES string of the molecule is CN(CCO)[C@H]1CCCC[C@@H]1Nc1cc(F)c(S(=O)(=O)Cc2nccs2)cc1C1CC1. The molecule has 2 aliphatic rings. The molecule has 4 rings (SSSR count). The molecule has 0 bridgehead atoms. The van der Waals surface area contributed by atoms with E-state index in [1.807, 2.05) is 7.05 Å². The second-order valence-electron chi connectivity index (χ2n) is 8.64. The summed E-state index contributed by atoms with van der Waals surface area (Å²) in [6.45, 7) is 0.702. The number of nitrogens with one attached hydrogen (secondary N) is 1. The summed E-state index contributed by atoms with van der Waals surface area (Å²) in [4.78, 5) is 5.98. The van der Waals surface area contributed by atoms with Gasteiger partial charge in [0.2, 0.25) is 0 Å². The van der Waals surface area contributed by atoms with Crippen LogP contribution < -0.4 is 5.32 Å². The normalized spacial score (nSPS) is 22.1. The minimum Gasteiger partial charge on any atom is -0.395 e. The van der Waals surface area contributed by atoms with Gasteiger partial charge in [-0.2, -0.15) is 0 Å². The van der Waals surface area contributed by atoms with E-state index in [-0.39, 0.29) is 35.3 Å². The largest absolute Gasteiger partial charge is 0.395 e. The van der Waals surface area contributed by atoms with Crippen molar-refractivity contribution in [2.45, 2.75) is 67.2 Å². The monoisotopic (exact) mass is 467 g/mol. The minimum atomic E-state index is -3.81. The van der Waals surface area contributed by atoms with E-state index in [4.69, 9.17) is 0 Å². The smallest absolute Gasteiger partial charge is 0.187 e. The summed E-state index contributed by atoms with van der Waals surface area (Å²) in [6, 6.07) is 3.32. The third-order valence-electron chi connectivity index (χ3n) is 6.34. The van der Waals surface area contributed by atoms with Crippen LogP contribution in [-0.2, 0) is 15.6 Å². The predicted molar refractivity (Wildman–Crippen MR) is 121 cm³/mol. The quantitative estimate of drug-likeness (QED) is 0.584. The average molecular weight is 468 g/mol. The zero-order chi connectivity index (χ0) is 22.0. The van der Waals surface area contributed by atoms with Crippen molar-refractivity contribution in [2.75, 3.05) is 25.5 Å². The van der Waals surface area contributed by atoms with E-state index in [2.05, 4.69) is 15.2 Å². The molecule has 170 valence electrons. The molecule has 6 nitrogen and oxygen atoms in total. The van der Waals surface area contributed by atoms with Gasteiger partial charge in [0.1, 0.15) is 21.5 Å². The van der Waals surface area contributed by atoms with Gasteiger partial charge >= 0.3 is 0 Å². The molecule has 1 aromatic carbocycles. The van der Waals surface area contributed by atoms with Crippen LogP contribution in [0.25, 0.3) is 0 Å². The highest BCUT2D eigenvalue weighted by Gasteiger charge is 2.33. The Bertz CT molecular complexity index is 994. The molecular formula is C22H30FN3O3S2. The fourth-order valence-corrected chi connectivity index (χ4v) is 6.92. The lowest BCUT2D eigenvalue weighted by molar-refractivity contribution is 0.143. The highest BCUT2D eigenvalue weighted by molar-refractivity contribution is 7.90. The molecule has 2 aliphatic carbocycles. The maximum atomic E-state index is 15.1. The average Bonchev–Trinajstić information content (AvgIpc) is 3.45. The Hall–Kier alpha value is -1.55. The first-order valence-corrected chi connectivity index (χ1v) is 13.4. The number of anilines is 1. The van der Waals surface area contributed by atoms with Gasteiger partial charge in [0.15, 0.2) is 9.84 Å². The van der Waals surface area contributed by atoms with E-state index >= 15 is 4.39 Å². The van der Waals surface area contributed by atoms with Crippen molar-refractivity contribution in [3.05, 3.63) is 40.1 Å². The zero-order valence-electron chi connectivity index (χ0n) is 17.8. The van der Waals surface area contributed by atoms with Crippen LogP contribution in [0.2, 0.25) is 0 Å². The van der Waals surface area contributed by atoms with Gasteiger partial charge in [-0.1, -0.05) is 12.8 Å². The van der Waals surface area contributed by atoms with Crippen molar-refractivity contribution >= 4 is 26.9 Å². The molecule has 31 heavy (non-hydrogen) atoms. The molecule has 0 spiro atoms. The number of aliphatic hydroxyl groups excluding tert-OH is 1. The Morgan fingerprint density at radius 2 is 2.03 bits per heavy atom. The van der Waals surface area contributed by atoms with Crippen LogP contribution >= 0.6 is 11.3 Å². The Balaban J connectivity index is 1.62. The van der Waals surface area contributed by atoms with Gasteiger partial charge in [-0.05, 0) is 56.3 Å². The van der Waals surface area contributed by atoms with E-state index < -0.39 is 15.7 Å². The number of hydrogen-bond donors (Lipinski definition) is 2. The summed E-state index contributed by atoms with van der Waals surface area (Å²) in [5, 5.41) is 15.1. The number of aliphatic hydroxyl groups is 1. The third-order valence-corrected chi connectivity index (χ3v) is 8.94. The van der Waals surface area contributed by atoms with Crippen LogP contribution in [0.3, 0.4) is 0 Å². The third kappa shape index (κ3) is 5.27. The van der Waals surface area contributed by atoms with E-state index in [0.717, 1.165) is 44.1 Å². The first kappa shape index (κ1) is 22.6. The van der Waals surface area contributed by atoms with Crippen molar-refractivity contribution in [1.29, 1.82) is 0 Å². The molecule has 0 unspecified atom stereocenters. The number of thiazole rings is 1. The molecule has 0 aliphatic heterocycles. The number of rotatable bonds is 9. The molecular weight excluding hydrogens is 437 g/mol. The first-order valence-electron chi connectivity index (χ1n) is 10.9. The fourth-order valence-electron chi connectivity index (χ4n) is 4.56. The summed E-state index contributed by atoms with van der Waals surface area (Å²) in [5.41, 5.74) is 1.61. The van der Waals surface area contributed by atoms with Crippen molar-refractivity contribution in [3.63, 3.8) is 0 Å². The van der Waals surface area contributed by atoms with Gasteiger partial charge in [0, 0.05) is 35.9 Å². The highest BCUT2D eigenvalue weighted by Crippen LogP contribution is 2.45. The second-order valence-corrected chi connectivity index (χ2v) is 11.6. The standard InChI is InChI=1S/C22H30FN3O3S2/c1-26(9-10-27)20-5-3-2-4-18(20)25-19-13-17(23)21(12-16(19)15-6-7-15)31(28,29)14-22-24-8-11-30-22/h8,11-13,15,18,20,25,27H,2-7,9-10,14H2,1H3/t18-,20-/m0/s1. The molecule has 2 aromatic rings. The molecule has 2 N–H and O–H groups in total. The van der Waals surface area contributed by atoms with Crippen molar-refractivity contribution in [1.82, 2.24) is 9.88 Å². The maximum Gasteiger partial charge on any atom is 0.187 e. The molecule has 1 heterocycles. The van der Waals surface area contributed by atoms with Gasteiger partial charge < -0.3 is 10.4 Å². The summed E-state index contributed by atoms with van der Waals surface area (Å²) in [6.07, 6.45) is 7.77.